The fourth-order valence-corrected chi connectivity index (χ4v) is 2.70. The summed E-state index contributed by atoms with van der Waals surface area (Å²) in [6.07, 6.45) is 5.36. The van der Waals surface area contributed by atoms with Crippen LogP contribution in [0.25, 0.3) is 0 Å². The van der Waals surface area contributed by atoms with E-state index in [1.807, 2.05) is 24.4 Å². The molecule has 0 bridgehead atoms. The second kappa shape index (κ2) is 7.08. The first-order chi connectivity index (χ1) is 11.6. The molecule has 0 saturated heterocycles. The third-order valence-electron chi connectivity index (χ3n) is 3.77. The molecule has 0 spiro atoms. The van der Waals surface area contributed by atoms with E-state index < -0.39 is 0 Å². The van der Waals surface area contributed by atoms with Gasteiger partial charge in [-0.15, -0.1) is 0 Å². The molecule has 3 aromatic rings. The second-order valence-electron chi connectivity index (χ2n) is 5.88. The van der Waals surface area contributed by atoms with Gasteiger partial charge < -0.3 is 10.6 Å². The van der Waals surface area contributed by atoms with Crippen molar-refractivity contribution in [3.63, 3.8) is 0 Å². The number of nitrogens with one attached hydrogen (secondary N) is 2. The maximum atomic E-state index is 4.53. The van der Waals surface area contributed by atoms with Crippen molar-refractivity contribution in [2.45, 2.75) is 27.3 Å². The Morgan fingerprint density at radius 2 is 1.79 bits per heavy atom. The number of benzene rings is 1. The Bertz CT molecular complexity index is 807. The molecule has 122 valence electrons. The number of nitrogens with zero attached hydrogens (tertiary/aromatic N) is 3. The molecule has 1 aromatic carbocycles. The zero-order valence-electron chi connectivity index (χ0n) is 14.2. The summed E-state index contributed by atoms with van der Waals surface area (Å²) < 4.78 is 0. The van der Waals surface area contributed by atoms with E-state index in [4.69, 9.17) is 0 Å². The topological polar surface area (TPSA) is 62.7 Å². The predicted octanol–water partition coefficient (Wildman–Crippen LogP) is 4.15. The van der Waals surface area contributed by atoms with Crippen molar-refractivity contribution in [1.29, 1.82) is 0 Å². The first kappa shape index (κ1) is 15.9. The van der Waals surface area contributed by atoms with Crippen LogP contribution in [0.15, 0.2) is 48.9 Å². The van der Waals surface area contributed by atoms with E-state index in [9.17, 15) is 0 Å². The normalized spacial score (nSPS) is 10.5. The lowest BCUT2D eigenvalue weighted by Gasteiger charge is -2.13. The van der Waals surface area contributed by atoms with Gasteiger partial charge in [-0.2, -0.15) is 4.98 Å². The molecule has 2 heterocycles. The minimum Gasteiger partial charge on any atom is -0.366 e. The van der Waals surface area contributed by atoms with Crippen molar-refractivity contribution < 1.29 is 0 Å². The summed E-state index contributed by atoms with van der Waals surface area (Å²) in [6, 6.07) is 10.1. The molecule has 0 saturated carbocycles. The molecule has 0 unspecified atom stereocenters. The van der Waals surface area contributed by atoms with Crippen LogP contribution in [0, 0.1) is 20.8 Å². The summed E-state index contributed by atoms with van der Waals surface area (Å²) in [6.45, 7) is 6.95. The number of aryl methyl sites for hydroxylation is 3. The van der Waals surface area contributed by atoms with Crippen molar-refractivity contribution in [2.24, 2.45) is 0 Å². The molecule has 0 aliphatic carbocycles. The van der Waals surface area contributed by atoms with Crippen LogP contribution in [-0.2, 0) is 6.54 Å². The number of hydrogen-bond acceptors (Lipinski definition) is 5. The van der Waals surface area contributed by atoms with Crippen molar-refractivity contribution in [1.82, 2.24) is 15.0 Å². The molecule has 2 aromatic heterocycles. The number of rotatable bonds is 5. The lowest BCUT2D eigenvalue weighted by molar-refractivity contribution is 1.07. The number of hydrogen-bond donors (Lipinski definition) is 2. The molecule has 24 heavy (non-hydrogen) atoms. The Labute approximate surface area is 142 Å². The van der Waals surface area contributed by atoms with Crippen molar-refractivity contribution in [3.8, 4) is 0 Å². The van der Waals surface area contributed by atoms with Crippen molar-refractivity contribution in [3.05, 3.63) is 71.2 Å². The molecule has 0 fully saturated rings. The third kappa shape index (κ3) is 3.87. The monoisotopic (exact) mass is 319 g/mol. The lowest BCUT2D eigenvalue weighted by atomic mass is 10.1. The zero-order valence-corrected chi connectivity index (χ0v) is 14.2. The largest absolute Gasteiger partial charge is 0.366 e. The van der Waals surface area contributed by atoms with Gasteiger partial charge in [0.1, 0.15) is 5.82 Å². The van der Waals surface area contributed by atoms with E-state index in [2.05, 4.69) is 58.5 Å². The Kier molecular flexibility index (Phi) is 4.70. The summed E-state index contributed by atoms with van der Waals surface area (Å²) >= 11 is 0. The highest BCUT2D eigenvalue weighted by Gasteiger charge is 2.06. The van der Waals surface area contributed by atoms with Gasteiger partial charge in [0, 0.05) is 30.8 Å². The van der Waals surface area contributed by atoms with Crippen molar-refractivity contribution >= 4 is 17.5 Å². The number of aromatic nitrogens is 3. The number of pyridine rings is 1. The van der Waals surface area contributed by atoms with Gasteiger partial charge in [-0.25, -0.2) is 4.98 Å². The van der Waals surface area contributed by atoms with E-state index in [1.54, 1.807) is 12.4 Å². The SMILES string of the molecule is Cc1cc(C)c(Nc2nccc(NCc3cccnc3)n2)c(C)c1. The molecule has 2 N–H and O–H groups in total. The Balaban J connectivity index is 1.74. The minimum atomic E-state index is 0.584. The predicted molar refractivity (Wildman–Crippen MR) is 97.5 cm³/mol. The van der Waals surface area contributed by atoms with Gasteiger partial charge in [-0.3, -0.25) is 4.98 Å². The minimum absolute atomic E-state index is 0.584. The van der Waals surface area contributed by atoms with Crippen LogP contribution >= 0.6 is 0 Å². The first-order valence-corrected chi connectivity index (χ1v) is 7.92. The molecule has 0 atom stereocenters. The fourth-order valence-electron chi connectivity index (χ4n) is 2.70. The molecule has 0 radical (unpaired) electrons. The maximum Gasteiger partial charge on any atom is 0.229 e. The van der Waals surface area contributed by atoms with Gasteiger partial charge >= 0.3 is 0 Å². The zero-order chi connectivity index (χ0) is 16.9. The molecule has 5 heteroatoms. The van der Waals surface area contributed by atoms with Crippen LogP contribution in [0.1, 0.15) is 22.3 Å². The van der Waals surface area contributed by atoms with Gasteiger partial charge in [-0.1, -0.05) is 23.8 Å². The van der Waals surface area contributed by atoms with E-state index in [1.165, 1.54) is 16.7 Å². The van der Waals surface area contributed by atoms with Gasteiger partial charge in [0.15, 0.2) is 0 Å². The van der Waals surface area contributed by atoms with E-state index in [-0.39, 0.29) is 0 Å². The van der Waals surface area contributed by atoms with Gasteiger partial charge in [0.05, 0.1) is 0 Å². The van der Waals surface area contributed by atoms with Gasteiger partial charge in [0.2, 0.25) is 5.95 Å². The lowest BCUT2D eigenvalue weighted by Crippen LogP contribution is -2.05. The quantitative estimate of drug-likeness (QED) is 0.739. The summed E-state index contributed by atoms with van der Waals surface area (Å²) in [5.74, 6) is 1.36. The summed E-state index contributed by atoms with van der Waals surface area (Å²) in [5, 5.41) is 6.63. The highest BCUT2D eigenvalue weighted by Crippen LogP contribution is 2.24. The van der Waals surface area contributed by atoms with E-state index in [0.29, 0.717) is 12.5 Å². The Hall–Kier alpha value is -2.95. The van der Waals surface area contributed by atoms with Gasteiger partial charge in [0.25, 0.3) is 0 Å². The molecule has 0 aliphatic rings. The summed E-state index contributed by atoms with van der Waals surface area (Å²) in [5.41, 5.74) is 5.79. The third-order valence-corrected chi connectivity index (χ3v) is 3.77. The Morgan fingerprint density at radius 1 is 1.00 bits per heavy atom. The molecule has 3 rings (SSSR count). The highest BCUT2D eigenvalue weighted by molar-refractivity contribution is 5.64. The molecular weight excluding hydrogens is 298 g/mol. The van der Waals surface area contributed by atoms with Crippen LogP contribution in [0.2, 0.25) is 0 Å². The van der Waals surface area contributed by atoms with E-state index >= 15 is 0 Å². The van der Waals surface area contributed by atoms with Crippen molar-refractivity contribution in [2.75, 3.05) is 10.6 Å². The van der Waals surface area contributed by atoms with Crippen LogP contribution in [0.4, 0.5) is 17.5 Å². The van der Waals surface area contributed by atoms with Crippen LogP contribution < -0.4 is 10.6 Å². The average Bonchev–Trinajstić information content (AvgIpc) is 2.58. The van der Waals surface area contributed by atoms with Crippen LogP contribution in [-0.4, -0.2) is 15.0 Å². The number of anilines is 3. The molecule has 0 amide bonds. The molecular formula is C19H21N5. The summed E-state index contributed by atoms with van der Waals surface area (Å²) in [4.78, 5) is 13.0. The smallest absolute Gasteiger partial charge is 0.229 e. The van der Waals surface area contributed by atoms with E-state index in [0.717, 1.165) is 17.1 Å². The fraction of sp³-hybridized carbons (Fsp3) is 0.211. The van der Waals surface area contributed by atoms with Crippen LogP contribution in [0.3, 0.4) is 0 Å². The second-order valence-corrected chi connectivity index (χ2v) is 5.88. The Morgan fingerprint density at radius 3 is 2.50 bits per heavy atom. The molecule has 0 aliphatic heterocycles. The summed E-state index contributed by atoms with van der Waals surface area (Å²) in [7, 11) is 0. The maximum absolute atomic E-state index is 4.53. The average molecular weight is 319 g/mol. The van der Waals surface area contributed by atoms with Gasteiger partial charge in [-0.05, 0) is 49.6 Å². The molecule has 5 nitrogen and oxygen atoms in total. The highest BCUT2D eigenvalue weighted by atomic mass is 15.1. The first-order valence-electron chi connectivity index (χ1n) is 7.92. The van der Waals surface area contributed by atoms with Crippen LogP contribution in [0.5, 0.6) is 0 Å². The standard InChI is InChI=1S/C19H21N5/c1-13-9-14(2)18(15(3)10-13)24-19-21-8-6-17(23-19)22-12-16-5-4-7-20-11-16/h4-11H,12H2,1-3H3,(H2,21,22,23,24).